The summed E-state index contributed by atoms with van der Waals surface area (Å²) < 4.78 is 5.49. The van der Waals surface area contributed by atoms with E-state index in [0.717, 1.165) is 25.4 Å². The molecule has 6 heteroatoms. The molecule has 0 aromatic heterocycles. The second-order valence-electron chi connectivity index (χ2n) is 8.22. The molecule has 1 saturated carbocycles. The van der Waals surface area contributed by atoms with Crippen LogP contribution in [0.2, 0.25) is 5.02 Å². The van der Waals surface area contributed by atoms with Crippen LogP contribution >= 0.6 is 11.6 Å². The monoisotopic (exact) mass is 426 g/mol. The van der Waals surface area contributed by atoms with Gasteiger partial charge in [0.25, 0.3) is 11.8 Å². The smallest absolute Gasteiger partial charge is 0.257 e. The first-order valence-corrected chi connectivity index (χ1v) is 11.0. The lowest BCUT2D eigenvalue weighted by atomic mass is 9.75. The highest BCUT2D eigenvalue weighted by Crippen LogP contribution is 2.37. The van der Waals surface area contributed by atoms with Crippen LogP contribution in [0.25, 0.3) is 0 Å². The Bertz CT molecular complexity index is 929. The van der Waals surface area contributed by atoms with Crippen LogP contribution in [0.5, 0.6) is 5.75 Å². The maximum absolute atomic E-state index is 13.2. The van der Waals surface area contributed by atoms with Gasteiger partial charge in [-0.15, -0.1) is 0 Å². The highest BCUT2D eigenvalue weighted by atomic mass is 35.5. The van der Waals surface area contributed by atoms with Crippen molar-refractivity contribution in [2.24, 2.45) is 11.8 Å². The number of benzene rings is 2. The second-order valence-corrected chi connectivity index (χ2v) is 8.66. The molecule has 0 radical (unpaired) electrons. The zero-order chi connectivity index (χ0) is 21.1. The maximum atomic E-state index is 13.2. The Morgan fingerprint density at radius 1 is 1.03 bits per heavy atom. The molecule has 30 heavy (non-hydrogen) atoms. The summed E-state index contributed by atoms with van der Waals surface area (Å²) in [4.78, 5) is 27.6. The van der Waals surface area contributed by atoms with Gasteiger partial charge in [0.15, 0.2) is 0 Å². The molecule has 2 atom stereocenters. The maximum Gasteiger partial charge on any atom is 0.257 e. The number of piperidine rings is 1. The van der Waals surface area contributed by atoms with Crippen molar-refractivity contribution in [3.8, 4) is 5.75 Å². The van der Waals surface area contributed by atoms with E-state index in [1.165, 1.54) is 25.7 Å². The number of hydrogen-bond acceptors (Lipinski definition) is 3. The average molecular weight is 427 g/mol. The summed E-state index contributed by atoms with van der Waals surface area (Å²) in [5, 5.41) is 3.43. The lowest BCUT2D eigenvalue weighted by Gasteiger charge is -2.41. The van der Waals surface area contributed by atoms with Crippen LogP contribution in [0, 0.1) is 11.8 Å². The van der Waals surface area contributed by atoms with Gasteiger partial charge < -0.3 is 15.0 Å². The molecular weight excluding hydrogens is 400 g/mol. The number of ether oxygens (including phenoxy) is 1. The Kier molecular flexibility index (Phi) is 6.28. The zero-order valence-corrected chi connectivity index (χ0v) is 18.0. The van der Waals surface area contributed by atoms with Crippen molar-refractivity contribution in [1.29, 1.82) is 0 Å². The number of fused-ring (bicyclic) bond motifs is 1. The van der Waals surface area contributed by atoms with E-state index in [2.05, 4.69) is 5.32 Å². The van der Waals surface area contributed by atoms with Gasteiger partial charge in [-0.2, -0.15) is 0 Å². The second kappa shape index (κ2) is 9.09. The highest BCUT2D eigenvalue weighted by Gasteiger charge is 2.33. The summed E-state index contributed by atoms with van der Waals surface area (Å²) in [5.74, 6) is 1.63. The number of likely N-dealkylation sites (tertiary alicyclic amines) is 1. The lowest BCUT2D eigenvalue weighted by molar-refractivity contribution is 0.0518. The van der Waals surface area contributed by atoms with Crippen molar-refractivity contribution in [3.05, 3.63) is 58.6 Å². The number of nitrogens with one attached hydrogen (secondary N) is 1. The Hall–Kier alpha value is -2.53. The van der Waals surface area contributed by atoms with Crippen LogP contribution in [-0.4, -0.2) is 36.9 Å². The molecule has 4 rings (SSSR count). The summed E-state index contributed by atoms with van der Waals surface area (Å²) in [6, 6.07) is 11.9. The van der Waals surface area contributed by atoms with Crippen LogP contribution in [0.4, 0.5) is 5.69 Å². The minimum absolute atomic E-state index is 0.00597. The van der Waals surface area contributed by atoms with Crippen molar-refractivity contribution in [1.82, 2.24) is 4.90 Å². The first kappa shape index (κ1) is 20.7. The molecule has 0 bridgehead atoms. The highest BCUT2D eigenvalue weighted by molar-refractivity contribution is 6.30. The molecule has 158 valence electrons. The van der Waals surface area contributed by atoms with Crippen molar-refractivity contribution in [2.75, 3.05) is 25.5 Å². The quantitative estimate of drug-likeness (QED) is 0.726. The fourth-order valence-electron chi connectivity index (χ4n) is 4.71. The number of carbonyl (C=O) groups is 2. The molecule has 2 aromatic rings. The first-order chi connectivity index (χ1) is 14.5. The molecule has 5 nitrogen and oxygen atoms in total. The minimum Gasteiger partial charge on any atom is -0.496 e. The van der Waals surface area contributed by atoms with Gasteiger partial charge in [0, 0.05) is 35.4 Å². The molecule has 0 spiro atoms. The number of carbonyl (C=O) groups excluding carboxylic acids is 2. The van der Waals surface area contributed by atoms with E-state index in [0.29, 0.717) is 33.5 Å². The van der Waals surface area contributed by atoms with E-state index >= 15 is 0 Å². The van der Waals surface area contributed by atoms with E-state index in [-0.39, 0.29) is 11.8 Å². The SMILES string of the molecule is COc1cc(NC(=O)c2ccc(Cl)cc2)ccc1C(=O)N1CC[C@H]2CCCC[C@H]2C1. The number of rotatable bonds is 4. The van der Waals surface area contributed by atoms with E-state index in [1.54, 1.807) is 49.6 Å². The molecule has 1 heterocycles. The molecule has 1 aliphatic heterocycles. The average Bonchev–Trinajstić information content (AvgIpc) is 2.78. The molecule has 1 aliphatic carbocycles. The van der Waals surface area contributed by atoms with Gasteiger partial charge in [-0.3, -0.25) is 9.59 Å². The molecule has 2 amide bonds. The van der Waals surface area contributed by atoms with Gasteiger partial charge in [0.2, 0.25) is 0 Å². The summed E-state index contributed by atoms with van der Waals surface area (Å²) in [5.41, 5.74) is 1.62. The topological polar surface area (TPSA) is 58.6 Å². The number of hydrogen-bond donors (Lipinski definition) is 1. The van der Waals surface area contributed by atoms with Crippen molar-refractivity contribution in [2.45, 2.75) is 32.1 Å². The van der Waals surface area contributed by atoms with Gasteiger partial charge in [-0.1, -0.05) is 30.9 Å². The predicted molar refractivity (Wildman–Crippen MR) is 118 cm³/mol. The van der Waals surface area contributed by atoms with Crippen molar-refractivity contribution in [3.63, 3.8) is 0 Å². The lowest BCUT2D eigenvalue weighted by Crippen LogP contribution is -2.44. The Labute approximate surface area is 182 Å². The van der Waals surface area contributed by atoms with E-state index in [4.69, 9.17) is 16.3 Å². The van der Waals surface area contributed by atoms with Crippen LogP contribution in [0.1, 0.15) is 52.8 Å². The third kappa shape index (κ3) is 4.46. The third-order valence-electron chi connectivity index (χ3n) is 6.37. The van der Waals surface area contributed by atoms with Gasteiger partial charge in [-0.25, -0.2) is 0 Å². The molecule has 1 N–H and O–H groups in total. The zero-order valence-electron chi connectivity index (χ0n) is 17.2. The van der Waals surface area contributed by atoms with Crippen molar-refractivity contribution < 1.29 is 14.3 Å². The molecule has 0 unspecified atom stereocenters. The van der Waals surface area contributed by atoms with Gasteiger partial charge >= 0.3 is 0 Å². The summed E-state index contributed by atoms with van der Waals surface area (Å²) >= 11 is 5.88. The van der Waals surface area contributed by atoms with Gasteiger partial charge in [0.05, 0.1) is 12.7 Å². The number of anilines is 1. The summed E-state index contributed by atoms with van der Waals surface area (Å²) in [6.45, 7) is 1.64. The molecule has 2 fully saturated rings. The van der Waals surface area contributed by atoms with E-state index < -0.39 is 0 Å². The van der Waals surface area contributed by atoms with Crippen LogP contribution in [-0.2, 0) is 0 Å². The normalized spacial score (nSPS) is 20.9. The Morgan fingerprint density at radius 3 is 2.50 bits per heavy atom. The molecular formula is C24H27ClN2O3. The largest absolute Gasteiger partial charge is 0.496 e. The Balaban J connectivity index is 1.47. The fraction of sp³-hybridized carbons (Fsp3) is 0.417. The number of methoxy groups -OCH3 is 1. The van der Waals surface area contributed by atoms with E-state index in [1.807, 2.05) is 4.90 Å². The number of nitrogens with zero attached hydrogens (tertiary/aromatic N) is 1. The number of amides is 2. The molecule has 2 aromatic carbocycles. The Morgan fingerprint density at radius 2 is 1.77 bits per heavy atom. The van der Waals surface area contributed by atoms with Gasteiger partial charge in [-0.05, 0) is 61.1 Å². The van der Waals surface area contributed by atoms with Crippen LogP contribution in [0.3, 0.4) is 0 Å². The van der Waals surface area contributed by atoms with Gasteiger partial charge in [0.1, 0.15) is 5.75 Å². The standard InChI is InChI=1S/C24H27ClN2O3/c1-30-22-14-20(26-23(28)17-6-8-19(25)9-7-17)10-11-21(22)24(29)27-13-12-16-4-2-3-5-18(16)15-27/h6-11,14,16,18H,2-5,12-13,15H2,1H3,(H,26,28)/t16-,18+/m1/s1. The fourth-order valence-corrected chi connectivity index (χ4v) is 4.83. The first-order valence-electron chi connectivity index (χ1n) is 10.6. The van der Waals surface area contributed by atoms with Crippen LogP contribution < -0.4 is 10.1 Å². The van der Waals surface area contributed by atoms with Crippen LogP contribution in [0.15, 0.2) is 42.5 Å². The van der Waals surface area contributed by atoms with E-state index in [9.17, 15) is 9.59 Å². The minimum atomic E-state index is -0.243. The predicted octanol–water partition coefficient (Wildman–Crippen LogP) is 5.25. The third-order valence-corrected chi connectivity index (χ3v) is 6.63. The number of halogens is 1. The van der Waals surface area contributed by atoms with Crippen molar-refractivity contribution >= 4 is 29.1 Å². The summed E-state index contributed by atoms with van der Waals surface area (Å²) in [6.07, 6.45) is 6.22. The molecule has 1 saturated heterocycles. The summed E-state index contributed by atoms with van der Waals surface area (Å²) in [7, 11) is 1.55. The molecule has 2 aliphatic rings.